The zero-order chi connectivity index (χ0) is 14.2. The van der Waals surface area contributed by atoms with Gasteiger partial charge in [-0.15, -0.1) is 0 Å². The van der Waals surface area contributed by atoms with Crippen LogP contribution in [0.3, 0.4) is 0 Å². The Balaban J connectivity index is 2.26. The lowest BCUT2D eigenvalue weighted by atomic mass is 10.3. The maximum Gasteiger partial charge on any atom is 0.252 e. The van der Waals surface area contributed by atoms with E-state index < -0.39 is 15.8 Å². The lowest BCUT2D eigenvalue weighted by Gasteiger charge is -2.08. The van der Waals surface area contributed by atoms with Crippen molar-refractivity contribution >= 4 is 26.6 Å². The molecular formula is C11H12N4O4S. The number of nitrogens with one attached hydrogen (secondary N) is 1. The zero-order valence-electron chi connectivity index (χ0n) is 10.7. The minimum absolute atomic E-state index is 0.270. The molecule has 0 aliphatic carbocycles. The Hall–Kier alpha value is -2.00. The van der Waals surface area contributed by atoms with Crippen molar-refractivity contribution in [3.8, 4) is 5.88 Å². The molecular weight excluding hydrogens is 284 g/mol. The van der Waals surface area contributed by atoms with Crippen LogP contribution < -0.4 is 10.1 Å². The largest absolute Gasteiger partial charge is 0.475 e. The topological polar surface area (TPSA) is 103 Å². The second-order valence-corrected chi connectivity index (χ2v) is 5.99. The summed E-state index contributed by atoms with van der Waals surface area (Å²) in [5, 5.41) is 3.34. The molecule has 0 bridgehead atoms. The highest BCUT2D eigenvalue weighted by Gasteiger charge is 2.23. The molecule has 0 aromatic carbocycles. The van der Waals surface area contributed by atoms with Gasteiger partial charge in [-0.25, -0.2) is 23.4 Å². The minimum atomic E-state index is -3.68. The number of ether oxygens (including phenoxy) is 2. The molecule has 106 valence electrons. The molecule has 2 aromatic rings. The third-order valence-electron chi connectivity index (χ3n) is 2.74. The van der Waals surface area contributed by atoms with Crippen molar-refractivity contribution in [1.82, 2.24) is 15.0 Å². The fourth-order valence-corrected chi connectivity index (χ4v) is 2.81. The molecule has 9 heteroatoms. The van der Waals surface area contributed by atoms with E-state index in [0.29, 0.717) is 35.8 Å². The van der Waals surface area contributed by atoms with Crippen LogP contribution in [0.1, 0.15) is 0 Å². The Morgan fingerprint density at radius 2 is 2.30 bits per heavy atom. The van der Waals surface area contributed by atoms with Crippen LogP contribution in [0, 0.1) is 0 Å². The highest BCUT2D eigenvalue weighted by molar-refractivity contribution is 7.91. The van der Waals surface area contributed by atoms with Gasteiger partial charge in [0.25, 0.3) is 5.16 Å². The van der Waals surface area contributed by atoms with Gasteiger partial charge < -0.3 is 14.8 Å². The van der Waals surface area contributed by atoms with Crippen molar-refractivity contribution in [2.45, 2.75) is 5.16 Å². The third-order valence-corrected chi connectivity index (χ3v) is 4.02. The summed E-state index contributed by atoms with van der Waals surface area (Å²) < 4.78 is 34.2. The highest BCUT2D eigenvalue weighted by Crippen LogP contribution is 2.30. The standard InChI is InChI=1S/C11H12N4O4S/c1-18-6-20(16,17)11-14-7-2-3-13-10-8(7)9(15-11)12-4-5-19-10/h2-3H,4-6H2,1H3,(H,12,14,15). The van der Waals surface area contributed by atoms with E-state index in [-0.39, 0.29) is 5.16 Å². The summed E-state index contributed by atoms with van der Waals surface area (Å²) in [5.74, 6) is 0.343. The van der Waals surface area contributed by atoms with Crippen molar-refractivity contribution in [3.05, 3.63) is 12.3 Å². The van der Waals surface area contributed by atoms with Gasteiger partial charge in [0.1, 0.15) is 17.8 Å². The van der Waals surface area contributed by atoms with Gasteiger partial charge in [-0.3, -0.25) is 0 Å². The van der Waals surface area contributed by atoms with E-state index >= 15 is 0 Å². The molecule has 3 rings (SSSR count). The predicted octanol–water partition coefficient (Wildman–Crippen LogP) is 0.207. The van der Waals surface area contributed by atoms with E-state index in [0.717, 1.165) is 0 Å². The van der Waals surface area contributed by atoms with Crippen molar-refractivity contribution in [1.29, 1.82) is 0 Å². The van der Waals surface area contributed by atoms with Crippen LogP contribution in [0.5, 0.6) is 5.88 Å². The Morgan fingerprint density at radius 3 is 3.10 bits per heavy atom. The first kappa shape index (κ1) is 13.0. The molecule has 0 amide bonds. The van der Waals surface area contributed by atoms with E-state index in [1.807, 2.05) is 0 Å². The second kappa shape index (κ2) is 4.84. The van der Waals surface area contributed by atoms with E-state index in [2.05, 4.69) is 25.0 Å². The average molecular weight is 296 g/mol. The number of anilines is 1. The van der Waals surface area contributed by atoms with Crippen molar-refractivity contribution in [3.63, 3.8) is 0 Å². The van der Waals surface area contributed by atoms with Gasteiger partial charge in [0.2, 0.25) is 15.7 Å². The molecule has 8 nitrogen and oxygen atoms in total. The number of sulfone groups is 1. The van der Waals surface area contributed by atoms with Crippen molar-refractivity contribution in [2.24, 2.45) is 0 Å². The summed E-state index contributed by atoms with van der Waals surface area (Å²) in [6, 6.07) is 1.62. The van der Waals surface area contributed by atoms with Crippen molar-refractivity contribution in [2.75, 3.05) is 31.5 Å². The summed E-state index contributed by atoms with van der Waals surface area (Å²) in [7, 11) is -2.37. The first-order valence-electron chi connectivity index (χ1n) is 5.87. The normalized spacial score (nSPS) is 14.4. The molecule has 0 unspecified atom stereocenters. The Kier molecular flexibility index (Phi) is 3.14. The Labute approximate surface area is 115 Å². The van der Waals surface area contributed by atoms with Gasteiger partial charge in [0, 0.05) is 13.3 Å². The second-order valence-electron chi connectivity index (χ2n) is 4.16. The molecule has 0 radical (unpaired) electrons. The quantitative estimate of drug-likeness (QED) is 0.801. The molecule has 0 spiro atoms. The van der Waals surface area contributed by atoms with Gasteiger partial charge in [-0.1, -0.05) is 0 Å². The number of aromatic nitrogens is 3. The number of methoxy groups -OCH3 is 1. The van der Waals surface area contributed by atoms with Crippen LogP contribution >= 0.6 is 0 Å². The van der Waals surface area contributed by atoms with Crippen LogP contribution in [0.2, 0.25) is 0 Å². The summed E-state index contributed by atoms with van der Waals surface area (Å²) in [6.07, 6.45) is 1.52. The fourth-order valence-electron chi connectivity index (χ4n) is 1.93. The lowest BCUT2D eigenvalue weighted by Crippen LogP contribution is -2.14. The van der Waals surface area contributed by atoms with Crippen LogP contribution in [-0.4, -0.2) is 49.6 Å². The van der Waals surface area contributed by atoms with Crippen LogP contribution in [0.25, 0.3) is 10.9 Å². The van der Waals surface area contributed by atoms with Gasteiger partial charge in [0.05, 0.1) is 12.1 Å². The van der Waals surface area contributed by atoms with E-state index in [1.54, 1.807) is 6.07 Å². The molecule has 0 saturated carbocycles. The first-order chi connectivity index (χ1) is 9.62. The average Bonchev–Trinajstić information content (AvgIpc) is 2.63. The first-order valence-corrected chi connectivity index (χ1v) is 7.52. The molecule has 3 heterocycles. The molecule has 0 fully saturated rings. The van der Waals surface area contributed by atoms with Gasteiger partial charge >= 0.3 is 0 Å². The van der Waals surface area contributed by atoms with Crippen molar-refractivity contribution < 1.29 is 17.9 Å². The number of rotatable bonds is 3. The van der Waals surface area contributed by atoms with E-state index in [4.69, 9.17) is 4.74 Å². The number of hydrogen-bond acceptors (Lipinski definition) is 8. The monoisotopic (exact) mass is 296 g/mol. The Morgan fingerprint density at radius 1 is 1.45 bits per heavy atom. The summed E-state index contributed by atoms with van der Waals surface area (Å²) in [6.45, 7) is 0.925. The summed E-state index contributed by atoms with van der Waals surface area (Å²) in [4.78, 5) is 12.3. The highest BCUT2D eigenvalue weighted by atomic mass is 32.2. The van der Waals surface area contributed by atoms with Crippen LogP contribution in [0.4, 0.5) is 5.82 Å². The fraction of sp³-hybridized carbons (Fsp3) is 0.364. The number of nitrogens with zero attached hydrogens (tertiary/aromatic N) is 3. The predicted molar refractivity (Wildman–Crippen MR) is 70.4 cm³/mol. The SMILES string of the molecule is COCS(=O)(=O)c1nc2c3c(nccc3n1)OCCN2. The van der Waals surface area contributed by atoms with Crippen LogP contribution in [-0.2, 0) is 14.6 Å². The maximum atomic E-state index is 12.0. The van der Waals surface area contributed by atoms with Gasteiger partial charge in [0.15, 0.2) is 5.94 Å². The summed E-state index contributed by atoms with van der Waals surface area (Å²) >= 11 is 0. The number of hydrogen-bond donors (Lipinski definition) is 1. The maximum absolute atomic E-state index is 12.0. The molecule has 1 aliphatic rings. The van der Waals surface area contributed by atoms with E-state index in [1.165, 1.54) is 13.3 Å². The lowest BCUT2D eigenvalue weighted by molar-refractivity contribution is 0.249. The molecule has 20 heavy (non-hydrogen) atoms. The van der Waals surface area contributed by atoms with Gasteiger partial charge in [-0.05, 0) is 6.07 Å². The van der Waals surface area contributed by atoms with Gasteiger partial charge in [-0.2, -0.15) is 0 Å². The third kappa shape index (κ3) is 2.14. The molecule has 0 saturated heterocycles. The molecule has 1 aliphatic heterocycles. The molecule has 1 N–H and O–H groups in total. The zero-order valence-corrected chi connectivity index (χ0v) is 11.5. The summed E-state index contributed by atoms with van der Waals surface area (Å²) in [5.41, 5.74) is 0.462. The minimum Gasteiger partial charge on any atom is -0.475 e. The molecule has 0 atom stereocenters. The smallest absolute Gasteiger partial charge is 0.252 e. The number of pyridine rings is 1. The molecule has 2 aromatic heterocycles. The van der Waals surface area contributed by atoms with E-state index in [9.17, 15) is 8.42 Å². The Bertz CT molecular complexity index is 762. The van der Waals surface area contributed by atoms with Crippen LogP contribution in [0.15, 0.2) is 17.4 Å².